The van der Waals surface area contributed by atoms with Crippen molar-refractivity contribution in [1.29, 1.82) is 0 Å². The highest BCUT2D eigenvalue weighted by atomic mass is 127. The van der Waals surface area contributed by atoms with Crippen LogP contribution in [0.1, 0.15) is 31.2 Å². The van der Waals surface area contributed by atoms with E-state index < -0.39 is 0 Å². The molecule has 0 amide bonds. The van der Waals surface area contributed by atoms with E-state index in [2.05, 4.69) is 46.9 Å². The number of rotatable bonds is 3. The molecule has 1 N–H and O–H groups in total. The summed E-state index contributed by atoms with van der Waals surface area (Å²) < 4.78 is 1.26. The van der Waals surface area contributed by atoms with Gasteiger partial charge in [-0.1, -0.05) is 18.6 Å². The van der Waals surface area contributed by atoms with Crippen LogP contribution >= 0.6 is 22.6 Å². The fourth-order valence-corrected chi connectivity index (χ4v) is 4.14. The van der Waals surface area contributed by atoms with Gasteiger partial charge in [0.15, 0.2) is 0 Å². The van der Waals surface area contributed by atoms with Crippen LogP contribution in [0.15, 0.2) is 24.3 Å². The van der Waals surface area contributed by atoms with Crippen molar-refractivity contribution < 1.29 is 5.11 Å². The molecule has 2 bridgehead atoms. The number of aliphatic hydroxyl groups is 1. The zero-order valence-electron chi connectivity index (χ0n) is 9.98. The summed E-state index contributed by atoms with van der Waals surface area (Å²) in [5, 5.41) is 10.4. The number of benzene rings is 1. The summed E-state index contributed by atoms with van der Waals surface area (Å²) >= 11 is 2.32. The Morgan fingerprint density at radius 3 is 2.53 bits per heavy atom. The molecule has 2 aliphatic carbocycles. The summed E-state index contributed by atoms with van der Waals surface area (Å²) in [6.45, 7) is 0. The maximum absolute atomic E-state index is 10.4. The van der Waals surface area contributed by atoms with Gasteiger partial charge in [0.05, 0.1) is 6.10 Å². The molecular formula is C15H19IO. The van der Waals surface area contributed by atoms with Crippen LogP contribution in [0.3, 0.4) is 0 Å². The summed E-state index contributed by atoms with van der Waals surface area (Å²) in [6, 6.07) is 8.56. The second-order valence-electron chi connectivity index (χ2n) is 5.74. The Morgan fingerprint density at radius 2 is 1.94 bits per heavy atom. The lowest BCUT2D eigenvalue weighted by Gasteiger charge is -2.26. The summed E-state index contributed by atoms with van der Waals surface area (Å²) in [6.07, 6.45) is 6.15. The van der Waals surface area contributed by atoms with E-state index in [-0.39, 0.29) is 6.10 Å². The lowest BCUT2D eigenvalue weighted by Crippen LogP contribution is -2.27. The van der Waals surface area contributed by atoms with E-state index in [9.17, 15) is 5.11 Å². The van der Waals surface area contributed by atoms with E-state index in [4.69, 9.17) is 0 Å². The van der Waals surface area contributed by atoms with Gasteiger partial charge in [-0.15, -0.1) is 0 Å². The van der Waals surface area contributed by atoms with E-state index in [1.165, 1.54) is 34.8 Å². The van der Waals surface area contributed by atoms with Crippen molar-refractivity contribution in [1.82, 2.24) is 0 Å². The van der Waals surface area contributed by atoms with E-state index in [1.54, 1.807) is 0 Å². The van der Waals surface area contributed by atoms with Gasteiger partial charge in [-0.2, -0.15) is 0 Å². The Balaban J connectivity index is 1.63. The highest BCUT2D eigenvalue weighted by molar-refractivity contribution is 14.1. The quantitative estimate of drug-likeness (QED) is 0.832. The zero-order chi connectivity index (χ0) is 11.8. The third-order valence-corrected chi connectivity index (χ3v) is 5.36. The predicted octanol–water partition coefficient (Wildman–Crippen LogP) is 3.63. The number of aliphatic hydroxyl groups excluding tert-OH is 1. The number of halogens is 1. The van der Waals surface area contributed by atoms with E-state index in [1.807, 2.05) is 0 Å². The van der Waals surface area contributed by atoms with E-state index in [0.29, 0.717) is 5.92 Å². The molecule has 2 aliphatic rings. The largest absolute Gasteiger partial charge is 0.392 e. The first-order valence-electron chi connectivity index (χ1n) is 6.65. The first-order chi connectivity index (χ1) is 8.22. The van der Waals surface area contributed by atoms with Crippen LogP contribution in [0.4, 0.5) is 0 Å². The zero-order valence-corrected chi connectivity index (χ0v) is 12.1. The first-order valence-corrected chi connectivity index (χ1v) is 7.73. The van der Waals surface area contributed by atoms with Crippen LogP contribution < -0.4 is 0 Å². The van der Waals surface area contributed by atoms with Gasteiger partial charge >= 0.3 is 0 Å². The lowest BCUT2D eigenvalue weighted by molar-refractivity contribution is 0.0751. The SMILES string of the molecule is OC(Cc1ccc(I)cc1)C1CC2CCC1C2. The third-order valence-electron chi connectivity index (χ3n) is 4.65. The van der Waals surface area contributed by atoms with Gasteiger partial charge in [-0.05, 0) is 83.7 Å². The monoisotopic (exact) mass is 342 g/mol. The molecule has 0 aliphatic heterocycles. The predicted molar refractivity (Wildman–Crippen MR) is 77.8 cm³/mol. The Bertz CT molecular complexity index is 386. The van der Waals surface area contributed by atoms with Gasteiger partial charge in [0, 0.05) is 3.57 Å². The first kappa shape index (κ1) is 12.0. The van der Waals surface area contributed by atoms with Crippen LogP contribution in [-0.2, 0) is 6.42 Å². The second kappa shape index (κ2) is 4.88. The molecule has 1 nitrogen and oxygen atoms in total. The number of hydrogen-bond acceptors (Lipinski definition) is 1. The highest BCUT2D eigenvalue weighted by Gasteiger charge is 2.42. The topological polar surface area (TPSA) is 20.2 Å². The molecule has 3 rings (SSSR count). The minimum absolute atomic E-state index is 0.120. The maximum atomic E-state index is 10.4. The highest BCUT2D eigenvalue weighted by Crippen LogP contribution is 2.49. The summed E-state index contributed by atoms with van der Waals surface area (Å²) in [7, 11) is 0. The fourth-order valence-electron chi connectivity index (χ4n) is 3.78. The smallest absolute Gasteiger partial charge is 0.0611 e. The Kier molecular flexibility index (Phi) is 3.44. The fraction of sp³-hybridized carbons (Fsp3) is 0.600. The van der Waals surface area contributed by atoms with Gasteiger partial charge in [0.2, 0.25) is 0 Å². The molecule has 0 radical (unpaired) electrons. The average molecular weight is 342 g/mol. The van der Waals surface area contributed by atoms with Crippen LogP contribution in [-0.4, -0.2) is 11.2 Å². The molecule has 92 valence electrons. The van der Waals surface area contributed by atoms with Crippen LogP contribution in [0.5, 0.6) is 0 Å². The van der Waals surface area contributed by atoms with Crippen molar-refractivity contribution >= 4 is 22.6 Å². The molecule has 2 fully saturated rings. The normalized spacial score (nSPS) is 32.9. The Labute approximate surface area is 117 Å². The van der Waals surface area contributed by atoms with Gasteiger partial charge in [-0.3, -0.25) is 0 Å². The van der Waals surface area contributed by atoms with Crippen molar-refractivity contribution in [2.45, 2.75) is 38.2 Å². The molecule has 1 aromatic rings. The molecular weight excluding hydrogens is 323 g/mol. The van der Waals surface area contributed by atoms with Crippen LogP contribution in [0.25, 0.3) is 0 Å². The molecule has 4 atom stereocenters. The molecule has 0 saturated heterocycles. The molecule has 0 aromatic heterocycles. The van der Waals surface area contributed by atoms with Crippen molar-refractivity contribution in [3.63, 3.8) is 0 Å². The van der Waals surface area contributed by atoms with Gasteiger partial charge < -0.3 is 5.11 Å². The van der Waals surface area contributed by atoms with Gasteiger partial charge in [0.1, 0.15) is 0 Å². The molecule has 0 spiro atoms. The number of fused-ring (bicyclic) bond motifs is 2. The molecule has 2 saturated carbocycles. The second-order valence-corrected chi connectivity index (χ2v) is 6.98. The molecule has 4 unspecified atom stereocenters. The summed E-state index contributed by atoms with van der Waals surface area (Å²) in [5.74, 6) is 2.32. The Morgan fingerprint density at radius 1 is 1.18 bits per heavy atom. The van der Waals surface area contributed by atoms with Gasteiger partial charge in [0.25, 0.3) is 0 Å². The Hall–Kier alpha value is -0.0900. The maximum Gasteiger partial charge on any atom is 0.0611 e. The molecule has 17 heavy (non-hydrogen) atoms. The molecule has 1 aromatic carbocycles. The third kappa shape index (κ3) is 2.53. The molecule has 2 heteroatoms. The van der Waals surface area contributed by atoms with E-state index in [0.717, 1.165) is 18.3 Å². The lowest BCUT2D eigenvalue weighted by atomic mass is 9.82. The minimum Gasteiger partial charge on any atom is -0.392 e. The van der Waals surface area contributed by atoms with Crippen molar-refractivity contribution in [3.05, 3.63) is 33.4 Å². The molecule has 0 heterocycles. The van der Waals surface area contributed by atoms with E-state index >= 15 is 0 Å². The number of hydrogen-bond donors (Lipinski definition) is 1. The van der Waals surface area contributed by atoms with Crippen LogP contribution in [0, 0.1) is 21.3 Å². The summed E-state index contributed by atoms with van der Waals surface area (Å²) in [5.41, 5.74) is 1.28. The minimum atomic E-state index is -0.120. The van der Waals surface area contributed by atoms with Gasteiger partial charge in [-0.25, -0.2) is 0 Å². The average Bonchev–Trinajstić information content (AvgIpc) is 2.94. The standard InChI is InChI=1S/C15H19IO/c16-13-5-2-10(3-6-13)9-15(17)14-8-11-1-4-12(14)7-11/h2-3,5-6,11-12,14-15,17H,1,4,7-9H2. The summed E-state index contributed by atoms with van der Waals surface area (Å²) in [4.78, 5) is 0. The van der Waals surface area contributed by atoms with Crippen LogP contribution in [0.2, 0.25) is 0 Å². The van der Waals surface area contributed by atoms with Crippen molar-refractivity contribution in [2.24, 2.45) is 17.8 Å². The van der Waals surface area contributed by atoms with Crippen molar-refractivity contribution in [3.8, 4) is 0 Å². The van der Waals surface area contributed by atoms with Crippen molar-refractivity contribution in [2.75, 3.05) is 0 Å².